The van der Waals surface area contributed by atoms with Crippen LogP contribution >= 0.6 is 0 Å². The summed E-state index contributed by atoms with van der Waals surface area (Å²) in [6.07, 6.45) is 24.8. The maximum atomic E-state index is 10.9. The van der Waals surface area contributed by atoms with E-state index in [0.717, 1.165) is 19.3 Å². The molecule has 0 atom stereocenters. The van der Waals surface area contributed by atoms with Gasteiger partial charge in [-0.2, -0.15) is 8.42 Å². The number of hydrogen-bond donors (Lipinski definition) is 1. The van der Waals surface area contributed by atoms with Crippen molar-refractivity contribution >= 4 is 44.3 Å². The molecule has 0 fully saturated rings. The van der Waals surface area contributed by atoms with Gasteiger partial charge < -0.3 is 4.18 Å². The summed E-state index contributed by atoms with van der Waals surface area (Å²) in [7, 11) is -4.63. The van der Waals surface area contributed by atoms with Gasteiger partial charge in [-0.05, 0) is 6.42 Å². The summed E-state index contributed by atoms with van der Waals surface area (Å²) in [6, 6.07) is 0. The summed E-state index contributed by atoms with van der Waals surface area (Å²) < 4.78 is 34.0. The predicted molar refractivity (Wildman–Crippen MR) is 132 cm³/mol. The Kier molecular flexibility index (Phi) is 28.8. The van der Waals surface area contributed by atoms with Crippen LogP contribution in [0.5, 0.6) is 0 Å². The van der Waals surface area contributed by atoms with Crippen LogP contribution in [0.2, 0.25) is 3.67 Å². The molecule has 0 radical (unpaired) electrons. The number of rotatable bonds is 21. The first-order chi connectivity index (χ1) is 14.9. The van der Waals surface area contributed by atoms with Crippen LogP contribution in [-0.2, 0) is 19.4 Å². The fourth-order valence-electron chi connectivity index (χ4n) is 3.48. The second kappa shape index (κ2) is 26.6. The molecule has 31 heavy (non-hydrogen) atoms. The van der Waals surface area contributed by atoms with Crippen LogP contribution in [0, 0.1) is 0 Å². The van der Waals surface area contributed by atoms with Crippen LogP contribution in [0.3, 0.4) is 0 Å². The first-order valence-electron chi connectivity index (χ1n) is 13.1. The summed E-state index contributed by atoms with van der Waals surface area (Å²) in [6.45, 7) is 4.47. The Hall–Kier alpha value is 0.380. The molecule has 0 saturated carbocycles. The summed E-state index contributed by atoms with van der Waals surface area (Å²) in [5, 5.41) is 0. The number of carbonyl (C=O) groups excluding carboxylic acids is 1. The molecule has 0 rings (SSSR count). The van der Waals surface area contributed by atoms with Crippen molar-refractivity contribution in [1.82, 2.24) is 0 Å². The molecule has 1 N–H and O–H groups in total. The van der Waals surface area contributed by atoms with Crippen LogP contribution in [-0.4, -0.2) is 46.9 Å². The van der Waals surface area contributed by atoms with E-state index in [1.807, 2.05) is 0 Å². The first kappa shape index (κ1) is 33.6. The predicted octanol–water partition coefficient (Wildman–Crippen LogP) is 7.75. The van der Waals surface area contributed by atoms with Gasteiger partial charge in [0.2, 0.25) is 0 Å². The SMILES string of the molecule is CCCCCCCCCCCC(=O)OS(=O)(=O)O.CCCCCCCCCCC[CH2][Na]. The summed E-state index contributed by atoms with van der Waals surface area (Å²) in [5.74, 6) is -0.888. The van der Waals surface area contributed by atoms with E-state index in [2.05, 4.69) is 18.0 Å². The Morgan fingerprint density at radius 1 is 0.645 bits per heavy atom. The molecule has 182 valence electrons. The fourth-order valence-corrected chi connectivity index (χ4v) is 4.29. The van der Waals surface area contributed by atoms with Crippen molar-refractivity contribution in [3.05, 3.63) is 0 Å². The van der Waals surface area contributed by atoms with Gasteiger partial charge in [-0.25, -0.2) is 0 Å². The molecule has 0 aromatic heterocycles. The normalized spacial score (nSPS) is 11.1. The van der Waals surface area contributed by atoms with E-state index in [1.165, 1.54) is 128 Å². The van der Waals surface area contributed by atoms with Gasteiger partial charge in [0, 0.05) is 6.42 Å². The Morgan fingerprint density at radius 3 is 1.29 bits per heavy atom. The van der Waals surface area contributed by atoms with E-state index in [1.54, 1.807) is 0 Å². The van der Waals surface area contributed by atoms with Crippen molar-refractivity contribution in [3.63, 3.8) is 0 Å². The van der Waals surface area contributed by atoms with E-state index in [-0.39, 0.29) is 6.42 Å². The molecule has 0 aromatic rings. The summed E-state index contributed by atoms with van der Waals surface area (Å²) in [5.41, 5.74) is 0. The van der Waals surface area contributed by atoms with Crippen LogP contribution in [0.4, 0.5) is 0 Å². The molecule has 0 bridgehead atoms. The second-order valence-corrected chi connectivity index (χ2v) is 10.7. The molecule has 0 spiro atoms. The van der Waals surface area contributed by atoms with Gasteiger partial charge in [0.15, 0.2) is 0 Å². The van der Waals surface area contributed by atoms with Gasteiger partial charge in [0.25, 0.3) is 0 Å². The minimum absolute atomic E-state index is 0.0373. The van der Waals surface area contributed by atoms with E-state index >= 15 is 0 Å². The van der Waals surface area contributed by atoms with Crippen LogP contribution in [0.15, 0.2) is 0 Å². The zero-order valence-electron chi connectivity index (χ0n) is 20.8. The van der Waals surface area contributed by atoms with Crippen molar-refractivity contribution < 1.29 is 21.9 Å². The van der Waals surface area contributed by atoms with Gasteiger partial charge in [-0.1, -0.05) is 58.3 Å². The van der Waals surface area contributed by atoms with Gasteiger partial charge in [-0.15, -0.1) is 0 Å². The molecule has 0 aliphatic rings. The molecule has 0 aromatic carbocycles. The van der Waals surface area contributed by atoms with E-state index < -0.39 is 16.4 Å². The average molecular weight is 473 g/mol. The first-order valence-corrected chi connectivity index (χ1v) is 15.8. The van der Waals surface area contributed by atoms with Gasteiger partial charge in [0.05, 0.1) is 0 Å². The Morgan fingerprint density at radius 2 is 0.968 bits per heavy atom. The van der Waals surface area contributed by atoms with Crippen LogP contribution in [0.25, 0.3) is 0 Å². The number of carbonyl (C=O) groups is 1. The minimum atomic E-state index is -4.63. The monoisotopic (exact) mass is 472 g/mol. The Bertz CT molecular complexity index is 459. The van der Waals surface area contributed by atoms with Crippen molar-refractivity contribution in [2.45, 2.75) is 146 Å². The molecule has 0 heterocycles. The maximum absolute atomic E-state index is 10.9. The molecular weight excluding hydrogens is 423 g/mol. The van der Waals surface area contributed by atoms with Crippen LogP contribution in [0.1, 0.15) is 142 Å². The standard InChI is InChI=1S/C12H24O5S.C12H25.Na/c1-2-3-4-5-6-7-8-9-10-11-12(13)17-18(14,15)16;1-3-5-7-9-11-12-10-8-6-4-2;/h2-11H2,1H3,(H,14,15,16);1,3-12H2,2H3;. The van der Waals surface area contributed by atoms with E-state index in [0.29, 0.717) is 6.42 Å². The van der Waals surface area contributed by atoms with Crippen LogP contribution < -0.4 is 0 Å². The summed E-state index contributed by atoms with van der Waals surface area (Å²) >= 11 is 1.41. The fraction of sp³-hybridized carbons (Fsp3) is 0.958. The molecular formula is C24H49NaO5S. The topological polar surface area (TPSA) is 80.7 Å². The summed E-state index contributed by atoms with van der Waals surface area (Å²) in [4.78, 5) is 10.9. The zero-order chi connectivity index (χ0) is 23.6. The van der Waals surface area contributed by atoms with Crippen molar-refractivity contribution in [3.8, 4) is 0 Å². The molecule has 7 heteroatoms. The molecule has 0 aliphatic heterocycles. The van der Waals surface area contributed by atoms with E-state index in [4.69, 9.17) is 4.55 Å². The third-order valence-corrected chi connectivity index (χ3v) is 6.49. The van der Waals surface area contributed by atoms with E-state index in [9.17, 15) is 13.2 Å². The Labute approximate surface area is 211 Å². The number of hydrogen-bond acceptors (Lipinski definition) is 4. The van der Waals surface area contributed by atoms with Crippen molar-refractivity contribution in [2.75, 3.05) is 0 Å². The second-order valence-electron chi connectivity index (χ2n) is 8.64. The van der Waals surface area contributed by atoms with Gasteiger partial charge >= 0.3 is 119 Å². The quantitative estimate of drug-likeness (QED) is 0.105. The van der Waals surface area contributed by atoms with Gasteiger partial charge in [0.1, 0.15) is 0 Å². The number of unbranched alkanes of at least 4 members (excludes halogenated alkanes) is 17. The molecule has 0 amide bonds. The van der Waals surface area contributed by atoms with Crippen molar-refractivity contribution in [1.29, 1.82) is 0 Å². The third kappa shape index (κ3) is 35.2. The van der Waals surface area contributed by atoms with Crippen molar-refractivity contribution in [2.24, 2.45) is 0 Å². The van der Waals surface area contributed by atoms with Gasteiger partial charge in [-0.3, -0.25) is 9.35 Å². The molecule has 0 saturated heterocycles. The molecule has 0 aliphatic carbocycles. The zero-order valence-corrected chi connectivity index (χ0v) is 23.7. The Balaban J connectivity index is 0. The molecule has 0 unspecified atom stereocenters. The third-order valence-electron chi connectivity index (χ3n) is 5.39. The average Bonchev–Trinajstić information content (AvgIpc) is 2.70. The molecule has 5 nitrogen and oxygen atoms in total.